The fraction of sp³-hybridized carbons (Fsp3) is 0.263. The smallest absolute Gasteiger partial charge is 0.267 e. The number of hydrogen-bond donors (Lipinski definition) is 3. The lowest BCUT2D eigenvalue weighted by molar-refractivity contribution is -0.124. The van der Waals surface area contributed by atoms with Crippen molar-refractivity contribution in [3.05, 3.63) is 63.8 Å². The van der Waals surface area contributed by atoms with Gasteiger partial charge in [-0.1, -0.05) is 35.3 Å². The predicted octanol–water partition coefficient (Wildman–Crippen LogP) is 3.84. The highest BCUT2D eigenvalue weighted by Gasteiger charge is 2.10. The number of hydrogen-bond acceptors (Lipinski definition) is 5. The quantitative estimate of drug-likeness (QED) is 0.351. The number of benzene rings is 1. The summed E-state index contributed by atoms with van der Waals surface area (Å²) in [5, 5.41) is 12.9. The number of amides is 1. The normalized spacial score (nSPS) is 12.4. The number of aromatic nitrogens is 1. The van der Waals surface area contributed by atoms with Crippen molar-refractivity contribution < 1.29 is 10.0 Å². The van der Waals surface area contributed by atoms with E-state index in [0.717, 1.165) is 18.1 Å². The summed E-state index contributed by atoms with van der Waals surface area (Å²) in [6.45, 7) is 3.65. The number of likely N-dealkylation sites (N-methyl/N-ethyl adjacent to an activating group) is 1. The number of pyridine rings is 1. The van der Waals surface area contributed by atoms with Crippen molar-refractivity contribution in [1.29, 1.82) is 0 Å². The second-order valence-corrected chi connectivity index (χ2v) is 7.12. The van der Waals surface area contributed by atoms with E-state index in [0.29, 0.717) is 16.4 Å². The van der Waals surface area contributed by atoms with Crippen molar-refractivity contribution in [2.24, 2.45) is 0 Å². The standard InChI is InChI=1S/C19H22Cl2N4O2/c1-13(11-25(2)12-14-3-6-16(20)7-4-14)23-19-17(21)9-15(10-22-19)5-8-18(26)24-27/h3-10,13,27H,11-12H2,1-2H3,(H,22,23)(H,24,26)/t13-/m1/s1. The third-order valence-electron chi connectivity index (χ3n) is 3.73. The molecule has 144 valence electrons. The molecule has 0 fully saturated rings. The lowest BCUT2D eigenvalue weighted by atomic mass is 10.2. The summed E-state index contributed by atoms with van der Waals surface area (Å²) in [4.78, 5) is 17.5. The summed E-state index contributed by atoms with van der Waals surface area (Å²) >= 11 is 12.2. The molecular formula is C19H22Cl2N4O2. The van der Waals surface area contributed by atoms with E-state index in [1.54, 1.807) is 12.3 Å². The van der Waals surface area contributed by atoms with Crippen LogP contribution < -0.4 is 10.8 Å². The topological polar surface area (TPSA) is 77.5 Å². The molecule has 1 aromatic heterocycles. The summed E-state index contributed by atoms with van der Waals surface area (Å²) in [5.41, 5.74) is 3.37. The lowest BCUT2D eigenvalue weighted by Gasteiger charge is -2.23. The fourth-order valence-electron chi connectivity index (χ4n) is 2.57. The zero-order valence-electron chi connectivity index (χ0n) is 15.1. The van der Waals surface area contributed by atoms with E-state index >= 15 is 0 Å². The zero-order valence-corrected chi connectivity index (χ0v) is 16.6. The van der Waals surface area contributed by atoms with Crippen LogP contribution in [0.2, 0.25) is 10.0 Å². The molecule has 27 heavy (non-hydrogen) atoms. The van der Waals surface area contributed by atoms with Crippen LogP contribution in [0.15, 0.2) is 42.6 Å². The molecule has 8 heteroatoms. The van der Waals surface area contributed by atoms with E-state index in [1.807, 2.05) is 31.3 Å². The summed E-state index contributed by atoms with van der Waals surface area (Å²) in [7, 11) is 2.04. The van der Waals surface area contributed by atoms with Crippen LogP contribution in [0.3, 0.4) is 0 Å². The molecule has 3 N–H and O–H groups in total. The number of rotatable bonds is 8. The fourth-order valence-corrected chi connectivity index (χ4v) is 2.93. The van der Waals surface area contributed by atoms with Gasteiger partial charge in [0.25, 0.3) is 5.91 Å². The van der Waals surface area contributed by atoms with E-state index in [-0.39, 0.29) is 6.04 Å². The van der Waals surface area contributed by atoms with Crippen molar-refractivity contribution in [2.75, 3.05) is 18.9 Å². The van der Waals surface area contributed by atoms with Crippen LogP contribution in [-0.4, -0.2) is 40.6 Å². The molecule has 0 spiro atoms. The van der Waals surface area contributed by atoms with Crippen LogP contribution in [0.25, 0.3) is 6.08 Å². The molecule has 0 saturated heterocycles. The van der Waals surface area contributed by atoms with E-state index in [4.69, 9.17) is 28.4 Å². The summed E-state index contributed by atoms with van der Waals surface area (Å²) in [6, 6.07) is 9.61. The molecule has 1 heterocycles. The van der Waals surface area contributed by atoms with E-state index in [2.05, 4.69) is 22.1 Å². The van der Waals surface area contributed by atoms with Gasteiger partial charge < -0.3 is 10.2 Å². The van der Waals surface area contributed by atoms with Crippen LogP contribution in [0.4, 0.5) is 5.82 Å². The van der Waals surface area contributed by atoms with Gasteiger partial charge in [0, 0.05) is 36.4 Å². The largest absolute Gasteiger partial charge is 0.365 e. The second-order valence-electron chi connectivity index (χ2n) is 6.28. The lowest BCUT2D eigenvalue weighted by Crippen LogP contribution is -2.32. The average molecular weight is 409 g/mol. The highest BCUT2D eigenvalue weighted by Crippen LogP contribution is 2.21. The first kappa shape index (κ1) is 21.2. The van der Waals surface area contributed by atoms with E-state index < -0.39 is 5.91 Å². The highest BCUT2D eigenvalue weighted by molar-refractivity contribution is 6.33. The van der Waals surface area contributed by atoms with Crippen LogP contribution >= 0.6 is 23.2 Å². The molecule has 6 nitrogen and oxygen atoms in total. The number of carbonyl (C=O) groups is 1. The number of carbonyl (C=O) groups excluding carboxylic acids is 1. The van der Waals surface area contributed by atoms with Crippen molar-refractivity contribution in [2.45, 2.75) is 19.5 Å². The first-order valence-electron chi connectivity index (χ1n) is 8.34. The number of hydroxylamine groups is 1. The van der Waals surface area contributed by atoms with Gasteiger partial charge in [-0.05, 0) is 49.4 Å². The molecule has 0 radical (unpaired) electrons. The zero-order chi connectivity index (χ0) is 19.8. The van der Waals surface area contributed by atoms with Crippen molar-refractivity contribution in [3.63, 3.8) is 0 Å². The Morgan fingerprint density at radius 2 is 2.04 bits per heavy atom. The van der Waals surface area contributed by atoms with E-state index in [9.17, 15) is 4.79 Å². The Morgan fingerprint density at radius 1 is 1.33 bits per heavy atom. The Kier molecular flexibility index (Phi) is 8.06. The monoisotopic (exact) mass is 408 g/mol. The molecule has 1 atom stereocenters. The third kappa shape index (κ3) is 7.19. The molecule has 1 amide bonds. The molecule has 2 rings (SSSR count). The van der Waals surface area contributed by atoms with Gasteiger partial charge in [-0.25, -0.2) is 10.5 Å². The van der Waals surface area contributed by atoms with Gasteiger partial charge in [-0.2, -0.15) is 0 Å². The number of halogens is 2. The van der Waals surface area contributed by atoms with Gasteiger partial charge in [0.2, 0.25) is 0 Å². The first-order valence-corrected chi connectivity index (χ1v) is 9.10. The van der Waals surface area contributed by atoms with Gasteiger partial charge in [0.1, 0.15) is 5.82 Å². The van der Waals surface area contributed by atoms with Crippen molar-refractivity contribution in [1.82, 2.24) is 15.4 Å². The molecule has 0 unspecified atom stereocenters. The maximum atomic E-state index is 11.0. The van der Waals surface area contributed by atoms with Crippen LogP contribution in [-0.2, 0) is 11.3 Å². The van der Waals surface area contributed by atoms with E-state index in [1.165, 1.54) is 23.2 Å². The minimum Gasteiger partial charge on any atom is -0.365 e. The SMILES string of the molecule is C[C@H](CN(C)Cc1ccc(Cl)cc1)Nc1ncc(C=CC(=O)NO)cc1Cl. The molecule has 0 aliphatic rings. The Bertz CT molecular complexity index is 797. The summed E-state index contributed by atoms with van der Waals surface area (Å²) in [6.07, 6.45) is 4.30. The highest BCUT2D eigenvalue weighted by atomic mass is 35.5. The van der Waals surface area contributed by atoms with Crippen molar-refractivity contribution in [3.8, 4) is 0 Å². The van der Waals surface area contributed by atoms with Crippen molar-refractivity contribution >= 4 is 41.0 Å². The Balaban J connectivity index is 1.90. The Hall–Kier alpha value is -2.12. The molecule has 1 aromatic carbocycles. The first-order chi connectivity index (χ1) is 12.9. The van der Waals surface area contributed by atoms with Crippen LogP contribution in [0.5, 0.6) is 0 Å². The molecule has 0 saturated carbocycles. The van der Waals surface area contributed by atoms with Gasteiger partial charge in [0.05, 0.1) is 5.02 Å². The minimum atomic E-state index is -0.620. The Labute approximate surface area is 168 Å². The van der Waals surface area contributed by atoms with Gasteiger partial charge >= 0.3 is 0 Å². The summed E-state index contributed by atoms with van der Waals surface area (Å²) < 4.78 is 0. The van der Waals surface area contributed by atoms with Gasteiger partial charge in [-0.3, -0.25) is 10.0 Å². The molecule has 0 aliphatic carbocycles. The molecule has 2 aromatic rings. The van der Waals surface area contributed by atoms with Crippen LogP contribution in [0.1, 0.15) is 18.1 Å². The second kappa shape index (κ2) is 10.3. The predicted molar refractivity (Wildman–Crippen MR) is 109 cm³/mol. The van der Waals surface area contributed by atoms with Gasteiger partial charge in [-0.15, -0.1) is 0 Å². The van der Waals surface area contributed by atoms with Crippen LogP contribution in [0, 0.1) is 0 Å². The average Bonchev–Trinajstić information content (AvgIpc) is 2.63. The molecular weight excluding hydrogens is 387 g/mol. The summed E-state index contributed by atoms with van der Waals surface area (Å²) in [5.74, 6) is -0.0431. The number of nitrogens with one attached hydrogen (secondary N) is 2. The minimum absolute atomic E-state index is 0.119. The third-order valence-corrected chi connectivity index (χ3v) is 4.27. The molecule has 0 aliphatic heterocycles. The maximum absolute atomic E-state index is 11.0. The molecule has 0 bridgehead atoms. The Morgan fingerprint density at radius 3 is 2.67 bits per heavy atom. The maximum Gasteiger partial charge on any atom is 0.267 e. The number of nitrogens with zero attached hydrogens (tertiary/aromatic N) is 2. The van der Waals surface area contributed by atoms with Gasteiger partial charge in [0.15, 0.2) is 0 Å². The number of anilines is 1.